The number of rotatable bonds is 36. The Bertz CT molecular complexity index is 2620. The SMILES string of the molecule is CN1Cc2c(Cl)cc(Cl)cc2C(c2ccc(S(=O)(=O)NCCOCCOCCOCCNC(=O)NCCCCNC(=O)CCCOCCOCCONCNS(=O)(=O)c3ccc(C4CN(C)Cc5c(Cl)cc(Cl)cc54)cc3)cc2)C1. The van der Waals surface area contributed by atoms with E-state index in [1.165, 1.54) is 0 Å². The Balaban J connectivity index is 0.657. The fourth-order valence-electron chi connectivity index (χ4n) is 9.05. The maximum absolute atomic E-state index is 12.9. The van der Waals surface area contributed by atoms with Gasteiger partial charge in [-0.1, -0.05) is 70.7 Å². The summed E-state index contributed by atoms with van der Waals surface area (Å²) in [5, 5.41) is 10.8. The molecule has 4 aromatic carbocycles. The van der Waals surface area contributed by atoms with E-state index in [-0.39, 0.29) is 73.2 Å². The molecule has 442 valence electrons. The van der Waals surface area contributed by atoms with E-state index in [2.05, 4.69) is 40.7 Å². The highest BCUT2D eigenvalue weighted by atomic mass is 35.5. The van der Waals surface area contributed by atoms with Crippen molar-refractivity contribution in [1.29, 1.82) is 0 Å². The summed E-state index contributed by atoms with van der Waals surface area (Å²) in [5.41, 5.74) is 8.66. The van der Waals surface area contributed by atoms with Gasteiger partial charge in [0, 0.05) is 97.3 Å². The molecule has 2 aliphatic heterocycles. The summed E-state index contributed by atoms with van der Waals surface area (Å²) in [6.45, 7) is 7.45. The van der Waals surface area contributed by atoms with E-state index < -0.39 is 20.0 Å². The summed E-state index contributed by atoms with van der Waals surface area (Å²) >= 11 is 25.6. The van der Waals surface area contributed by atoms with E-state index in [1.807, 2.05) is 50.5 Å². The van der Waals surface area contributed by atoms with Gasteiger partial charge in [0.05, 0.1) is 82.5 Å². The van der Waals surface area contributed by atoms with Gasteiger partial charge in [-0.3, -0.25) is 9.63 Å². The molecule has 0 spiro atoms. The molecular formula is C54H74Cl4N8O12S2. The summed E-state index contributed by atoms with van der Waals surface area (Å²) in [6.07, 6.45) is 2.29. The smallest absolute Gasteiger partial charge is 0.314 e. The lowest BCUT2D eigenvalue weighted by molar-refractivity contribution is -0.121. The molecule has 26 heteroatoms. The van der Waals surface area contributed by atoms with Crippen LogP contribution in [0.2, 0.25) is 20.1 Å². The van der Waals surface area contributed by atoms with Gasteiger partial charge in [-0.25, -0.2) is 26.4 Å². The fraction of sp³-hybridized carbons (Fsp3) is 0.519. The Hall–Kier alpha value is -3.76. The van der Waals surface area contributed by atoms with Crippen molar-refractivity contribution in [2.24, 2.45) is 0 Å². The van der Waals surface area contributed by atoms with E-state index in [4.69, 9.17) is 74.9 Å². The number of carbonyl (C=O) groups excluding carboxylic acids is 2. The summed E-state index contributed by atoms with van der Waals surface area (Å²) in [4.78, 5) is 34.2. The van der Waals surface area contributed by atoms with Crippen LogP contribution >= 0.6 is 46.4 Å². The zero-order valence-corrected chi connectivity index (χ0v) is 49.8. The average molecular weight is 1230 g/mol. The number of fused-ring (bicyclic) bond motifs is 2. The molecule has 0 aliphatic carbocycles. The van der Waals surface area contributed by atoms with Gasteiger partial charge in [-0.05, 0) is 115 Å². The lowest BCUT2D eigenvalue weighted by Gasteiger charge is -2.33. The summed E-state index contributed by atoms with van der Waals surface area (Å²) in [6, 6.07) is 20.7. The summed E-state index contributed by atoms with van der Waals surface area (Å²) < 4.78 is 84.2. The normalized spacial score (nSPS) is 15.8. The Labute approximate surface area is 490 Å². The topological polar surface area (TPSA) is 236 Å². The number of hydroxylamine groups is 1. The lowest BCUT2D eigenvalue weighted by Crippen LogP contribution is -2.38. The van der Waals surface area contributed by atoms with Crippen molar-refractivity contribution < 1.29 is 54.9 Å². The third-order valence-electron chi connectivity index (χ3n) is 13.0. The van der Waals surface area contributed by atoms with Crippen molar-refractivity contribution in [3.63, 3.8) is 0 Å². The minimum absolute atomic E-state index is 0.00488. The number of urea groups is 1. The van der Waals surface area contributed by atoms with E-state index >= 15 is 0 Å². The van der Waals surface area contributed by atoms with E-state index in [0.29, 0.717) is 125 Å². The maximum atomic E-state index is 12.9. The lowest BCUT2D eigenvalue weighted by atomic mass is 9.85. The van der Waals surface area contributed by atoms with Crippen LogP contribution < -0.4 is 30.9 Å². The minimum Gasteiger partial charge on any atom is -0.379 e. The zero-order valence-electron chi connectivity index (χ0n) is 45.2. The molecule has 0 radical (unpaired) electrons. The third-order valence-corrected chi connectivity index (χ3v) is 17.0. The van der Waals surface area contributed by atoms with Crippen molar-refractivity contribution in [3.05, 3.63) is 126 Å². The van der Waals surface area contributed by atoms with Crippen LogP contribution in [0.1, 0.15) is 70.9 Å². The Morgan fingerprint density at radius 1 is 0.525 bits per heavy atom. The number of hydrogen-bond acceptors (Lipinski definition) is 15. The molecule has 0 bridgehead atoms. The predicted octanol–water partition coefficient (Wildman–Crippen LogP) is 6.25. The first-order chi connectivity index (χ1) is 38.5. The first kappa shape index (κ1) is 65.4. The van der Waals surface area contributed by atoms with E-state index in [9.17, 15) is 26.4 Å². The predicted molar refractivity (Wildman–Crippen MR) is 309 cm³/mol. The Morgan fingerprint density at radius 3 is 1.49 bits per heavy atom. The number of carbonyl (C=O) groups is 2. The molecule has 2 unspecified atom stereocenters. The highest BCUT2D eigenvalue weighted by Crippen LogP contribution is 2.40. The largest absolute Gasteiger partial charge is 0.379 e. The number of ether oxygens (including phenoxy) is 5. The standard InChI is InChI=1S/C54H74Cl4N8O12S2/c1-65-34-47(45-30-41(55)32-51(57)49(45)36-65)39-7-11-43(12-8-39)79(69,70)63-18-21-75-24-27-76-26-23-74-20-17-61-54(68)60-16-4-3-15-59-53(67)6-5-19-73-22-25-77-28-29-78-62-38-64-80(71,72)44-13-9-40(10-14-44)48-35-66(2)37-50-46(48)31-42(56)33-52(50)58/h7-14,30-33,47-48,62-64H,3-6,15-29,34-38H2,1-2H3,(H,59,67)(H2,60,61,68). The maximum Gasteiger partial charge on any atom is 0.314 e. The number of likely N-dealkylation sites (N-methyl/N-ethyl adjacent to an activating group) is 2. The molecule has 2 heterocycles. The molecule has 4 aromatic rings. The van der Waals surface area contributed by atoms with Crippen LogP contribution in [-0.4, -0.2) is 171 Å². The number of nitrogens with zero attached hydrogens (tertiary/aromatic N) is 2. The number of amides is 3. The second-order valence-corrected chi connectivity index (χ2v) is 24.4. The summed E-state index contributed by atoms with van der Waals surface area (Å²) in [7, 11) is -3.48. The average Bonchev–Trinajstić information content (AvgIpc) is 3.44. The van der Waals surface area contributed by atoms with Crippen LogP contribution in [0.3, 0.4) is 0 Å². The molecule has 0 fully saturated rings. The van der Waals surface area contributed by atoms with Crippen LogP contribution in [0, 0.1) is 0 Å². The Kier molecular flexibility index (Phi) is 27.9. The van der Waals surface area contributed by atoms with Crippen molar-refractivity contribution in [2.75, 3.05) is 133 Å². The van der Waals surface area contributed by atoms with E-state index in [1.54, 1.807) is 36.4 Å². The molecule has 6 N–H and O–H groups in total. The molecule has 80 heavy (non-hydrogen) atoms. The van der Waals surface area contributed by atoms with Gasteiger partial charge in [0.2, 0.25) is 26.0 Å². The number of hydrogen-bond donors (Lipinski definition) is 6. The van der Waals surface area contributed by atoms with Crippen LogP contribution in [0.25, 0.3) is 0 Å². The van der Waals surface area contributed by atoms with Gasteiger partial charge in [-0.15, -0.1) is 0 Å². The molecule has 6 rings (SSSR count). The van der Waals surface area contributed by atoms with Gasteiger partial charge in [0.1, 0.15) is 0 Å². The number of nitrogens with one attached hydrogen (secondary N) is 6. The van der Waals surface area contributed by atoms with Gasteiger partial charge in [-0.2, -0.15) is 10.2 Å². The number of sulfonamides is 2. The fourth-order valence-corrected chi connectivity index (χ4v) is 12.1. The third kappa shape index (κ3) is 21.8. The van der Waals surface area contributed by atoms with Crippen molar-refractivity contribution >= 4 is 78.4 Å². The molecule has 3 amide bonds. The molecule has 0 aromatic heterocycles. The van der Waals surface area contributed by atoms with Crippen molar-refractivity contribution in [1.82, 2.24) is 40.7 Å². The highest BCUT2D eigenvalue weighted by Gasteiger charge is 2.29. The van der Waals surface area contributed by atoms with Gasteiger partial charge < -0.3 is 49.4 Å². The van der Waals surface area contributed by atoms with Crippen LogP contribution in [-0.2, 0) is 66.5 Å². The number of unbranched alkanes of at least 4 members (excludes halogenated alkanes) is 1. The molecule has 0 saturated carbocycles. The zero-order chi connectivity index (χ0) is 57.3. The molecular weight excluding hydrogens is 1160 g/mol. The molecule has 2 atom stereocenters. The monoisotopic (exact) mass is 1230 g/mol. The van der Waals surface area contributed by atoms with Crippen molar-refractivity contribution in [3.8, 4) is 0 Å². The quantitative estimate of drug-likeness (QED) is 0.0168. The van der Waals surface area contributed by atoms with Crippen molar-refractivity contribution in [2.45, 2.75) is 60.4 Å². The first-order valence-electron chi connectivity index (χ1n) is 26.5. The van der Waals surface area contributed by atoms with E-state index in [0.717, 1.165) is 46.5 Å². The second-order valence-electron chi connectivity index (χ2n) is 19.2. The van der Waals surface area contributed by atoms with Gasteiger partial charge >= 0.3 is 6.03 Å². The van der Waals surface area contributed by atoms with Crippen LogP contribution in [0.5, 0.6) is 0 Å². The highest BCUT2D eigenvalue weighted by molar-refractivity contribution is 7.89. The molecule has 2 aliphatic rings. The minimum atomic E-state index is -3.79. The molecule has 20 nitrogen and oxygen atoms in total. The van der Waals surface area contributed by atoms with Crippen LogP contribution in [0.4, 0.5) is 4.79 Å². The van der Waals surface area contributed by atoms with Crippen LogP contribution in [0.15, 0.2) is 82.6 Å². The van der Waals surface area contributed by atoms with Gasteiger partial charge in [0.25, 0.3) is 0 Å². The second kappa shape index (κ2) is 34.1. The van der Waals surface area contributed by atoms with Gasteiger partial charge in [0.15, 0.2) is 0 Å². The number of halogens is 4. The molecule has 0 saturated heterocycles. The number of benzene rings is 4. The summed E-state index contributed by atoms with van der Waals surface area (Å²) in [5.74, 6) is -0.0716. The first-order valence-corrected chi connectivity index (χ1v) is 31.0. The Morgan fingerprint density at radius 2 is 0.963 bits per heavy atom.